The summed E-state index contributed by atoms with van der Waals surface area (Å²) in [5.41, 5.74) is 2.49. The van der Waals surface area contributed by atoms with Crippen LogP contribution in [0.3, 0.4) is 0 Å². The highest BCUT2D eigenvalue weighted by atomic mass is 19.1. The number of fused-ring (bicyclic) bond motifs is 1. The number of carbonyl (C=O) groups excluding carboxylic acids is 1. The quantitative estimate of drug-likeness (QED) is 0.707. The van der Waals surface area contributed by atoms with Crippen LogP contribution in [0.5, 0.6) is 0 Å². The first-order valence-corrected chi connectivity index (χ1v) is 9.34. The molecule has 0 aliphatic heterocycles. The number of amides is 1. The van der Waals surface area contributed by atoms with E-state index in [0.29, 0.717) is 34.1 Å². The average Bonchev–Trinajstić information content (AvgIpc) is 3.42. The number of aromatic nitrogens is 3. The third kappa shape index (κ3) is 3.49. The highest BCUT2D eigenvalue weighted by molar-refractivity contribution is 6.00. The third-order valence-corrected chi connectivity index (χ3v) is 5.22. The van der Waals surface area contributed by atoms with E-state index in [1.807, 2.05) is 13.8 Å². The molecule has 1 saturated carbocycles. The second-order valence-corrected chi connectivity index (χ2v) is 7.82. The lowest BCUT2D eigenvalue weighted by atomic mass is 9.98. The Bertz CT molecular complexity index is 1040. The number of nitrogens with one attached hydrogen (secondary N) is 1. The van der Waals surface area contributed by atoms with Crippen molar-refractivity contribution in [2.75, 3.05) is 7.11 Å². The van der Waals surface area contributed by atoms with Gasteiger partial charge in [0.15, 0.2) is 5.65 Å². The Kier molecular flexibility index (Phi) is 4.63. The molecule has 7 heteroatoms. The van der Waals surface area contributed by atoms with E-state index < -0.39 is 0 Å². The summed E-state index contributed by atoms with van der Waals surface area (Å²) < 4.78 is 20.6. The Hall–Kier alpha value is -2.80. The molecule has 1 amide bonds. The van der Waals surface area contributed by atoms with Gasteiger partial charge in [-0.25, -0.2) is 13.9 Å². The van der Waals surface area contributed by atoms with Crippen LogP contribution in [0.15, 0.2) is 36.5 Å². The summed E-state index contributed by atoms with van der Waals surface area (Å²) in [6.07, 6.45) is 3.77. The largest absolute Gasteiger partial charge is 0.378 e. The lowest BCUT2D eigenvalue weighted by Crippen LogP contribution is -2.45. The number of halogens is 1. The number of carbonyl (C=O) groups is 1. The fourth-order valence-electron chi connectivity index (χ4n) is 3.52. The Morgan fingerprint density at radius 3 is 2.82 bits per heavy atom. The molecule has 0 saturated heterocycles. The van der Waals surface area contributed by atoms with Gasteiger partial charge in [-0.15, -0.1) is 0 Å². The Morgan fingerprint density at radius 1 is 1.36 bits per heavy atom. The van der Waals surface area contributed by atoms with E-state index >= 15 is 0 Å². The van der Waals surface area contributed by atoms with Crippen molar-refractivity contribution in [2.45, 2.75) is 38.8 Å². The molecule has 1 aromatic carbocycles. The van der Waals surface area contributed by atoms with Gasteiger partial charge in [0.05, 0.1) is 24.2 Å². The van der Waals surface area contributed by atoms with Crippen molar-refractivity contribution in [3.8, 4) is 11.3 Å². The number of hydrogen-bond donors (Lipinski definition) is 1. The van der Waals surface area contributed by atoms with Crippen molar-refractivity contribution in [1.82, 2.24) is 19.9 Å². The third-order valence-electron chi connectivity index (χ3n) is 5.22. The van der Waals surface area contributed by atoms with Gasteiger partial charge in [0.2, 0.25) is 0 Å². The number of ether oxygens (including phenoxy) is 1. The first kappa shape index (κ1) is 18.6. The zero-order valence-electron chi connectivity index (χ0n) is 16.2. The van der Waals surface area contributed by atoms with Crippen molar-refractivity contribution in [1.29, 1.82) is 0 Å². The van der Waals surface area contributed by atoms with Crippen LogP contribution in [0.1, 0.15) is 42.7 Å². The lowest BCUT2D eigenvalue weighted by Gasteiger charge is -2.25. The van der Waals surface area contributed by atoms with Crippen LogP contribution in [-0.4, -0.2) is 33.2 Å². The molecule has 0 atom stereocenters. The average molecular weight is 382 g/mol. The minimum atomic E-state index is -0.341. The summed E-state index contributed by atoms with van der Waals surface area (Å²) in [7, 11) is 1.58. The van der Waals surface area contributed by atoms with Gasteiger partial charge in [0.25, 0.3) is 5.91 Å². The van der Waals surface area contributed by atoms with Crippen molar-refractivity contribution >= 4 is 11.6 Å². The molecule has 6 nitrogen and oxygen atoms in total. The smallest absolute Gasteiger partial charge is 0.257 e. The van der Waals surface area contributed by atoms with Crippen LogP contribution >= 0.6 is 0 Å². The van der Waals surface area contributed by atoms with E-state index in [9.17, 15) is 9.18 Å². The molecule has 1 fully saturated rings. The summed E-state index contributed by atoms with van der Waals surface area (Å²) in [6.45, 7) is 4.35. The van der Waals surface area contributed by atoms with Gasteiger partial charge in [-0.1, -0.05) is 12.1 Å². The van der Waals surface area contributed by atoms with E-state index in [2.05, 4.69) is 15.4 Å². The molecule has 0 bridgehead atoms. The van der Waals surface area contributed by atoms with E-state index in [1.54, 1.807) is 29.8 Å². The molecule has 146 valence electrons. The van der Waals surface area contributed by atoms with E-state index in [4.69, 9.17) is 4.74 Å². The van der Waals surface area contributed by atoms with Crippen LogP contribution in [0.2, 0.25) is 0 Å². The summed E-state index contributed by atoms with van der Waals surface area (Å²) >= 11 is 0. The van der Waals surface area contributed by atoms with Gasteiger partial charge >= 0.3 is 0 Å². The molecule has 0 unspecified atom stereocenters. The Morgan fingerprint density at radius 2 is 2.14 bits per heavy atom. The highest BCUT2D eigenvalue weighted by Gasteiger charge is 2.39. The van der Waals surface area contributed by atoms with Gasteiger partial charge in [0.1, 0.15) is 11.4 Å². The maximum Gasteiger partial charge on any atom is 0.257 e. The van der Waals surface area contributed by atoms with Gasteiger partial charge in [-0.05, 0) is 50.8 Å². The molecule has 0 spiro atoms. The van der Waals surface area contributed by atoms with Gasteiger partial charge in [-0.3, -0.25) is 4.79 Å². The monoisotopic (exact) mass is 382 g/mol. The predicted octanol–water partition coefficient (Wildman–Crippen LogP) is 3.60. The number of methoxy groups -OCH3 is 1. The first-order chi connectivity index (χ1) is 13.4. The van der Waals surface area contributed by atoms with Crippen molar-refractivity contribution in [3.63, 3.8) is 0 Å². The van der Waals surface area contributed by atoms with Gasteiger partial charge in [0, 0.05) is 18.2 Å². The molecule has 3 aromatic rings. The summed E-state index contributed by atoms with van der Waals surface area (Å²) in [4.78, 5) is 17.5. The number of hydrogen-bond acceptors (Lipinski definition) is 4. The molecular formula is C21H23FN4O2. The molecular weight excluding hydrogens is 359 g/mol. The van der Waals surface area contributed by atoms with Gasteiger partial charge in [-0.2, -0.15) is 5.10 Å². The fraction of sp³-hybridized carbons (Fsp3) is 0.381. The van der Waals surface area contributed by atoms with Crippen LogP contribution in [0, 0.1) is 11.7 Å². The molecule has 1 aliphatic rings. The van der Waals surface area contributed by atoms with E-state index in [1.165, 1.54) is 18.3 Å². The molecule has 2 heterocycles. The van der Waals surface area contributed by atoms with Gasteiger partial charge < -0.3 is 10.1 Å². The van der Waals surface area contributed by atoms with Crippen molar-refractivity contribution in [3.05, 3.63) is 53.6 Å². The second-order valence-electron chi connectivity index (χ2n) is 7.82. The Labute approximate surface area is 162 Å². The summed E-state index contributed by atoms with van der Waals surface area (Å²) in [5, 5.41) is 7.48. The minimum Gasteiger partial charge on any atom is -0.378 e. The normalized spacial score (nSPS) is 14.4. The molecule has 4 rings (SSSR count). The predicted molar refractivity (Wildman–Crippen MR) is 103 cm³/mol. The van der Waals surface area contributed by atoms with E-state index in [-0.39, 0.29) is 23.9 Å². The molecule has 0 radical (unpaired) electrons. The highest BCUT2D eigenvalue weighted by Crippen LogP contribution is 2.39. The lowest BCUT2D eigenvalue weighted by molar-refractivity contribution is 0.0905. The SMILES string of the molecule is COCc1cc(-c2cccc(F)c2)n2ncc(C(=O)NC(C)(C)C3CC3)c2n1. The van der Waals surface area contributed by atoms with Crippen LogP contribution in [-0.2, 0) is 11.3 Å². The van der Waals surface area contributed by atoms with Crippen LogP contribution in [0.4, 0.5) is 4.39 Å². The van der Waals surface area contributed by atoms with Crippen molar-refractivity contribution < 1.29 is 13.9 Å². The standard InChI is InChI=1S/C21H23FN4O2/c1-21(2,14-7-8-14)25-20(27)17-11-23-26-18(13-5-4-6-15(22)9-13)10-16(12-28-3)24-19(17)26/h4-6,9-11,14H,7-8,12H2,1-3H3,(H,25,27). The number of nitrogens with zero attached hydrogens (tertiary/aromatic N) is 3. The number of benzene rings is 1. The van der Waals surface area contributed by atoms with E-state index in [0.717, 1.165) is 12.8 Å². The zero-order chi connectivity index (χ0) is 19.9. The second kappa shape index (κ2) is 6.98. The summed E-state index contributed by atoms with van der Waals surface area (Å²) in [6, 6.07) is 8.06. The van der Waals surface area contributed by atoms with Crippen LogP contribution < -0.4 is 5.32 Å². The Balaban J connectivity index is 1.80. The maximum absolute atomic E-state index is 13.8. The summed E-state index contributed by atoms with van der Waals surface area (Å²) in [5.74, 6) is -0.0515. The molecule has 2 aromatic heterocycles. The fourth-order valence-corrected chi connectivity index (χ4v) is 3.52. The van der Waals surface area contributed by atoms with Crippen molar-refractivity contribution in [2.24, 2.45) is 5.92 Å². The number of rotatable bonds is 6. The molecule has 28 heavy (non-hydrogen) atoms. The topological polar surface area (TPSA) is 68.5 Å². The zero-order valence-corrected chi connectivity index (χ0v) is 16.2. The van der Waals surface area contributed by atoms with Crippen LogP contribution in [0.25, 0.3) is 16.9 Å². The molecule has 1 aliphatic carbocycles. The molecule has 1 N–H and O–H groups in total. The maximum atomic E-state index is 13.8. The first-order valence-electron chi connectivity index (χ1n) is 9.34. The minimum absolute atomic E-state index is 0.209.